The first kappa shape index (κ1) is 20.0. The number of carboxylic acids is 1. The van der Waals surface area contributed by atoms with Gasteiger partial charge in [-0.15, -0.1) is 0 Å². The van der Waals surface area contributed by atoms with E-state index in [0.717, 1.165) is 16.9 Å². The van der Waals surface area contributed by atoms with Crippen molar-refractivity contribution in [2.75, 3.05) is 19.0 Å². The number of carboxylic acid groups (broad SMARTS) is 1. The minimum Gasteiger partial charge on any atom is -0.497 e. The predicted molar refractivity (Wildman–Crippen MR) is 101 cm³/mol. The summed E-state index contributed by atoms with van der Waals surface area (Å²) in [6.45, 7) is -0.403. The Morgan fingerprint density at radius 1 is 1.00 bits per heavy atom. The number of carbonyl (C=O) groups excluding carboxylic acids is 2. The summed E-state index contributed by atoms with van der Waals surface area (Å²) in [5.74, 6) is -0.802. The molecule has 3 N–H and O–H groups in total. The van der Waals surface area contributed by atoms with E-state index in [0.29, 0.717) is 18.5 Å². The van der Waals surface area contributed by atoms with Crippen LogP contribution < -0.4 is 15.4 Å². The van der Waals surface area contributed by atoms with E-state index < -0.39 is 12.5 Å². The molecule has 0 aliphatic rings. The molecule has 0 aliphatic heterocycles. The molecule has 142 valence electrons. The summed E-state index contributed by atoms with van der Waals surface area (Å²) in [6, 6.07) is 14.4. The average molecular weight is 370 g/mol. The van der Waals surface area contributed by atoms with Crippen molar-refractivity contribution in [1.82, 2.24) is 5.32 Å². The first-order valence-corrected chi connectivity index (χ1v) is 8.46. The van der Waals surface area contributed by atoms with Crippen LogP contribution in [0.5, 0.6) is 5.75 Å². The molecule has 0 radical (unpaired) electrons. The summed E-state index contributed by atoms with van der Waals surface area (Å²) in [5, 5.41) is 13.6. The molecule has 27 heavy (non-hydrogen) atoms. The molecular weight excluding hydrogens is 348 g/mol. The number of aliphatic carboxylic acids is 1. The molecule has 2 aromatic rings. The van der Waals surface area contributed by atoms with Crippen molar-refractivity contribution in [2.45, 2.75) is 19.3 Å². The highest BCUT2D eigenvalue weighted by atomic mass is 16.5. The van der Waals surface area contributed by atoms with E-state index in [9.17, 15) is 14.4 Å². The second-order valence-corrected chi connectivity index (χ2v) is 5.94. The molecule has 7 nitrogen and oxygen atoms in total. The summed E-state index contributed by atoms with van der Waals surface area (Å²) in [6.07, 6.45) is 1.02. The highest BCUT2D eigenvalue weighted by Crippen LogP contribution is 2.15. The lowest BCUT2D eigenvalue weighted by Crippen LogP contribution is -2.30. The predicted octanol–water partition coefficient (Wildman–Crippen LogP) is 2.01. The highest BCUT2D eigenvalue weighted by molar-refractivity contribution is 5.91. The first-order valence-electron chi connectivity index (χ1n) is 8.46. The maximum atomic E-state index is 12.1. The number of ether oxygens (including phenoxy) is 1. The van der Waals surface area contributed by atoms with Gasteiger partial charge in [0.15, 0.2) is 0 Å². The fourth-order valence-electron chi connectivity index (χ4n) is 2.44. The molecule has 2 aromatic carbocycles. The Hall–Kier alpha value is -3.35. The second-order valence-electron chi connectivity index (χ2n) is 5.94. The van der Waals surface area contributed by atoms with Crippen molar-refractivity contribution >= 4 is 23.5 Å². The van der Waals surface area contributed by atoms with Gasteiger partial charge in [0, 0.05) is 12.1 Å². The van der Waals surface area contributed by atoms with Crippen LogP contribution in [0.15, 0.2) is 48.5 Å². The average Bonchev–Trinajstić information content (AvgIpc) is 2.66. The second kappa shape index (κ2) is 9.96. The Morgan fingerprint density at radius 3 is 2.41 bits per heavy atom. The van der Waals surface area contributed by atoms with Crippen molar-refractivity contribution in [1.29, 1.82) is 0 Å². The van der Waals surface area contributed by atoms with Gasteiger partial charge < -0.3 is 20.5 Å². The lowest BCUT2D eigenvalue weighted by atomic mass is 10.1. The molecule has 7 heteroatoms. The Bertz CT molecular complexity index is 802. The molecule has 2 rings (SSSR count). The fraction of sp³-hybridized carbons (Fsp3) is 0.250. The Morgan fingerprint density at radius 2 is 1.74 bits per heavy atom. The molecule has 0 aliphatic carbocycles. The molecule has 0 spiro atoms. The zero-order chi connectivity index (χ0) is 19.6. The number of benzene rings is 2. The zero-order valence-corrected chi connectivity index (χ0v) is 15.0. The van der Waals surface area contributed by atoms with Crippen LogP contribution >= 0.6 is 0 Å². The van der Waals surface area contributed by atoms with Crippen LogP contribution in [0.3, 0.4) is 0 Å². The van der Waals surface area contributed by atoms with Gasteiger partial charge in [0.2, 0.25) is 11.8 Å². The largest absolute Gasteiger partial charge is 0.497 e. The van der Waals surface area contributed by atoms with Crippen molar-refractivity contribution in [2.24, 2.45) is 0 Å². The normalized spacial score (nSPS) is 10.1. The lowest BCUT2D eigenvalue weighted by molar-refractivity contribution is -0.137. The van der Waals surface area contributed by atoms with Crippen molar-refractivity contribution in [3.8, 4) is 5.75 Å². The van der Waals surface area contributed by atoms with E-state index in [4.69, 9.17) is 9.84 Å². The van der Waals surface area contributed by atoms with Gasteiger partial charge in [-0.3, -0.25) is 14.4 Å². The van der Waals surface area contributed by atoms with Crippen LogP contribution in [-0.4, -0.2) is 36.5 Å². The van der Waals surface area contributed by atoms with E-state index in [2.05, 4.69) is 10.6 Å². The summed E-state index contributed by atoms with van der Waals surface area (Å²) in [5.41, 5.74) is 2.39. The fourth-order valence-corrected chi connectivity index (χ4v) is 2.44. The smallest absolute Gasteiger partial charge is 0.322 e. The van der Waals surface area contributed by atoms with E-state index in [1.807, 2.05) is 24.3 Å². The van der Waals surface area contributed by atoms with Crippen molar-refractivity contribution < 1.29 is 24.2 Å². The summed E-state index contributed by atoms with van der Waals surface area (Å²) >= 11 is 0. The highest BCUT2D eigenvalue weighted by Gasteiger charge is 2.07. The van der Waals surface area contributed by atoms with E-state index in [1.54, 1.807) is 31.4 Å². The molecule has 0 aromatic heterocycles. The number of aryl methyl sites for hydroxylation is 1. The molecule has 2 amide bonds. The van der Waals surface area contributed by atoms with E-state index >= 15 is 0 Å². The van der Waals surface area contributed by atoms with Crippen molar-refractivity contribution in [3.63, 3.8) is 0 Å². The zero-order valence-electron chi connectivity index (χ0n) is 15.0. The van der Waals surface area contributed by atoms with Gasteiger partial charge in [-0.05, 0) is 41.8 Å². The maximum absolute atomic E-state index is 12.1. The van der Waals surface area contributed by atoms with E-state index in [1.165, 1.54) is 0 Å². The monoisotopic (exact) mass is 370 g/mol. The van der Waals surface area contributed by atoms with Gasteiger partial charge in [-0.1, -0.05) is 24.3 Å². The van der Waals surface area contributed by atoms with Crippen LogP contribution in [0.2, 0.25) is 0 Å². The lowest BCUT2D eigenvalue weighted by Gasteiger charge is -2.08. The topological polar surface area (TPSA) is 105 Å². The van der Waals surface area contributed by atoms with Crippen LogP contribution in [-0.2, 0) is 27.2 Å². The number of rotatable bonds is 9. The quantitative estimate of drug-likeness (QED) is 0.626. The number of hydrogen-bond acceptors (Lipinski definition) is 4. The summed E-state index contributed by atoms with van der Waals surface area (Å²) in [7, 11) is 1.60. The molecule has 0 heterocycles. The van der Waals surface area contributed by atoms with Crippen LogP contribution in [0.1, 0.15) is 17.5 Å². The van der Waals surface area contributed by atoms with Gasteiger partial charge >= 0.3 is 5.97 Å². The van der Waals surface area contributed by atoms with Gasteiger partial charge in [0.05, 0.1) is 13.5 Å². The third kappa shape index (κ3) is 7.19. The standard InChI is InChI=1S/C20H22N2O5/c1-27-17-4-2-3-14(11-17)7-10-18(23)22-16-8-5-15(6-9-16)12-19(24)21-13-20(25)26/h2-6,8-9,11H,7,10,12-13H2,1H3,(H,21,24)(H,22,23)(H,25,26). The van der Waals surface area contributed by atoms with Gasteiger partial charge in [0.1, 0.15) is 12.3 Å². The number of amides is 2. The van der Waals surface area contributed by atoms with Crippen LogP contribution in [0.25, 0.3) is 0 Å². The Kier molecular flexibility index (Phi) is 7.37. The minimum atomic E-state index is -1.09. The molecule has 0 fully saturated rings. The van der Waals surface area contributed by atoms with Gasteiger partial charge in [0.25, 0.3) is 0 Å². The molecule has 0 bridgehead atoms. The maximum Gasteiger partial charge on any atom is 0.322 e. The number of nitrogens with one attached hydrogen (secondary N) is 2. The van der Waals surface area contributed by atoms with Gasteiger partial charge in [-0.2, -0.15) is 0 Å². The number of carbonyl (C=O) groups is 3. The van der Waals surface area contributed by atoms with Crippen LogP contribution in [0.4, 0.5) is 5.69 Å². The molecule has 0 unspecified atom stereocenters. The summed E-state index contributed by atoms with van der Waals surface area (Å²) < 4.78 is 5.16. The molecular formula is C20H22N2O5. The SMILES string of the molecule is COc1cccc(CCC(=O)Nc2ccc(CC(=O)NCC(=O)O)cc2)c1. The van der Waals surface area contributed by atoms with Crippen molar-refractivity contribution in [3.05, 3.63) is 59.7 Å². The Labute approximate surface area is 157 Å². The molecule has 0 saturated heterocycles. The number of anilines is 1. The van der Waals surface area contributed by atoms with Crippen LogP contribution in [0, 0.1) is 0 Å². The number of methoxy groups -OCH3 is 1. The number of hydrogen-bond donors (Lipinski definition) is 3. The Balaban J connectivity index is 1.80. The van der Waals surface area contributed by atoms with E-state index in [-0.39, 0.29) is 18.2 Å². The summed E-state index contributed by atoms with van der Waals surface area (Å²) in [4.78, 5) is 34.1. The first-order chi connectivity index (χ1) is 13.0. The minimum absolute atomic E-state index is 0.0807. The van der Waals surface area contributed by atoms with Gasteiger partial charge in [-0.25, -0.2) is 0 Å². The molecule has 0 saturated carbocycles. The third-order valence-electron chi connectivity index (χ3n) is 3.81. The molecule has 0 atom stereocenters. The third-order valence-corrected chi connectivity index (χ3v) is 3.81.